The van der Waals surface area contributed by atoms with Gasteiger partial charge in [-0.15, -0.1) is 11.3 Å². The molecule has 0 spiro atoms. The van der Waals surface area contributed by atoms with E-state index in [1.165, 1.54) is 10.4 Å². The Morgan fingerprint density at radius 1 is 1.29 bits per heavy atom. The highest BCUT2D eigenvalue weighted by molar-refractivity contribution is 7.10. The van der Waals surface area contributed by atoms with E-state index in [1.807, 2.05) is 25.1 Å². The average Bonchev–Trinajstić information content (AvgIpc) is 2.73. The van der Waals surface area contributed by atoms with Crippen LogP contribution >= 0.6 is 11.3 Å². The molecule has 0 saturated heterocycles. The van der Waals surface area contributed by atoms with Gasteiger partial charge in [-0.2, -0.15) is 5.26 Å². The second-order valence-electron chi connectivity index (χ2n) is 4.04. The number of hydrogen-bond donors (Lipinski definition) is 1. The van der Waals surface area contributed by atoms with Crippen molar-refractivity contribution in [3.63, 3.8) is 0 Å². The molecule has 17 heavy (non-hydrogen) atoms. The Morgan fingerprint density at radius 3 is 2.76 bits per heavy atom. The molecule has 1 aromatic heterocycles. The van der Waals surface area contributed by atoms with Crippen molar-refractivity contribution in [1.82, 2.24) is 0 Å². The van der Waals surface area contributed by atoms with E-state index in [-0.39, 0.29) is 0 Å². The first-order valence-corrected chi connectivity index (χ1v) is 6.36. The summed E-state index contributed by atoms with van der Waals surface area (Å²) in [6, 6.07) is 10.2. The van der Waals surface area contributed by atoms with Gasteiger partial charge in [0.05, 0.1) is 11.3 Å². The minimum atomic E-state index is 0.708. The highest BCUT2D eigenvalue weighted by Crippen LogP contribution is 2.20. The molecular weight excluding hydrogens is 228 g/mol. The molecule has 0 atom stereocenters. The fraction of sp³-hybridized carbons (Fsp3) is 0.214. The van der Waals surface area contributed by atoms with Gasteiger partial charge in [0.15, 0.2) is 0 Å². The summed E-state index contributed by atoms with van der Waals surface area (Å²) in [6.45, 7) is 4.88. The lowest BCUT2D eigenvalue weighted by Gasteiger charge is -2.08. The van der Waals surface area contributed by atoms with Crippen LogP contribution < -0.4 is 5.32 Å². The summed E-state index contributed by atoms with van der Waals surface area (Å²) in [5.41, 5.74) is 4.03. The fourth-order valence-corrected chi connectivity index (χ4v) is 2.51. The molecule has 2 rings (SSSR count). The Balaban J connectivity index is 2.15. The van der Waals surface area contributed by atoms with Gasteiger partial charge in [-0.25, -0.2) is 0 Å². The van der Waals surface area contributed by atoms with Crippen LogP contribution in [0.15, 0.2) is 29.6 Å². The number of aryl methyl sites for hydroxylation is 2. The molecule has 0 amide bonds. The Morgan fingerprint density at radius 2 is 2.12 bits per heavy atom. The van der Waals surface area contributed by atoms with Gasteiger partial charge >= 0.3 is 0 Å². The van der Waals surface area contributed by atoms with Crippen molar-refractivity contribution < 1.29 is 0 Å². The maximum Gasteiger partial charge on any atom is 0.101 e. The molecule has 86 valence electrons. The third-order valence-corrected chi connectivity index (χ3v) is 3.73. The standard InChI is InChI=1S/C14H14N2S/c1-10-3-4-13(12(7-10)8-15)16-9-14-11(2)5-6-17-14/h3-7,16H,9H2,1-2H3. The van der Waals surface area contributed by atoms with Crippen LogP contribution in [0.4, 0.5) is 5.69 Å². The number of nitrogens with one attached hydrogen (secondary N) is 1. The molecule has 2 aromatic rings. The quantitative estimate of drug-likeness (QED) is 0.887. The summed E-state index contributed by atoms with van der Waals surface area (Å²) in [5.74, 6) is 0. The van der Waals surface area contributed by atoms with Gasteiger partial charge in [0.25, 0.3) is 0 Å². The maximum absolute atomic E-state index is 9.07. The number of thiophene rings is 1. The van der Waals surface area contributed by atoms with Crippen LogP contribution in [-0.2, 0) is 6.54 Å². The van der Waals surface area contributed by atoms with Crippen molar-refractivity contribution in [2.75, 3.05) is 5.32 Å². The minimum Gasteiger partial charge on any atom is -0.379 e. The van der Waals surface area contributed by atoms with E-state index in [1.54, 1.807) is 11.3 Å². The zero-order chi connectivity index (χ0) is 12.3. The molecule has 0 fully saturated rings. The smallest absolute Gasteiger partial charge is 0.101 e. The topological polar surface area (TPSA) is 35.8 Å². The second-order valence-corrected chi connectivity index (χ2v) is 5.04. The van der Waals surface area contributed by atoms with E-state index < -0.39 is 0 Å². The number of rotatable bonds is 3. The van der Waals surface area contributed by atoms with Gasteiger partial charge in [0.1, 0.15) is 6.07 Å². The number of nitrogens with zero attached hydrogens (tertiary/aromatic N) is 1. The molecule has 0 unspecified atom stereocenters. The Kier molecular flexibility index (Phi) is 3.46. The molecule has 0 saturated carbocycles. The SMILES string of the molecule is Cc1ccc(NCc2sccc2C)c(C#N)c1. The van der Waals surface area contributed by atoms with E-state index in [4.69, 9.17) is 5.26 Å². The first-order valence-electron chi connectivity index (χ1n) is 5.48. The van der Waals surface area contributed by atoms with Gasteiger partial charge in [0.2, 0.25) is 0 Å². The van der Waals surface area contributed by atoms with E-state index in [2.05, 4.69) is 29.8 Å². The minimum absolute atomic E-state index is 0.708. The molecule has 2 nitrogen and oxygen atoms in total. The van der Waals surface area contributed by atoms with E-state index in [0.29, 0.717) is 5.56 Å². The van der Waals surface area contributed by atoms with Crippen molar-refractivity contribution >= 4 is 17.0 Å². The van der Waals surface area contributed by atoms with Crippen LogP contribution in [-0.4, -0.2) is 0 Å². The Bertz CT molecular complexity index is 564. The van der Waals surface area contributed by atoms with Gasteiger partial charge in [-0.05, 0) is 48.6 Å². The lowest BCUT2D eigenvalue weighted by atomic mass is 10.1. The van der Waals surface area contributed by atoms with Crippen LogP contribution in [0.1, 0.15) is 21.6 Å². The zero-order valence-electron chi connectivity index (χ0n) is 9.95. The van der Waals surface area contributed by atoms with Crippen LogP contribution in [0.25, 0.3) is 0 Å². The molecular formula is C14H14N2S. The molecule has 0 bridgehead atoms. The van der Waals surface area contributed by atoms with Crippen LogP contribution in [0, 0.1) is 25.2 Å². The van der Waals surface area contributed by atoms with Crippen molar-refractivity contribution in [3.8, 4) is 6.07 Å². The van der Waals surface area contributed by atoms with Crippen molar-refractivity contribution in [2.24, 2.45) is 0 Å². The zero-order valence-corrected chi connectivity index (χ0v) is 10.8. The van der Waals surface area contributed by atoms with Crippen LogP contribution in [0.5, 0.6) is 0 Å². The molecule has 1 heterocycles. The summed E-state index contributed by atoms with van der Waals surface area (Å²) in [5, 5.41) is 14.5. The Hall–Kier alpha value is -1.79. The fourth-order valence-electron chi connectivity index (χ4n) is 1.67. The third kappa shape index (κ3) is 2.66. The van der Waals surface area contributed by atoms with Crippen molar-refractivity contribution in [2.45, 2.75) is 20.4 Å². The van der Waals surface area contributed by atoms with E-state index in [0.717, 1.165) is 17.8 Å². The third-order valence-electron chi connectivity index (χ3n) is 2.70. The predicted octanol–water partition coefficient (Wildman–Crippen LogP) is 3.85. The monoisotopic (exact) mass is 242 g/mol. The second kappa shape index (κ2) is 5.03. The molecule has 0 radical (unpaired) electrons. The molecule has 1 aromatic carbocycles. The summed E-state index contributed by atoms with van der Waals surface area (Å²) in [6.07, 6.45) is 0. The number of nitriles is 1. The molecule has 0 aliphatic heterocycles. The lowest BCUT2D eigenvalue weighted by molar-refractivity contribution is 1.16. The highest BCUT2D eigenvalue weighted by atomic mass is 32.1. The normalized spacial score (nSPS) is 9.94. The average molecular weight is 242 g/mol. The summed E-state index contributed by atoms with van der Waals surface area (Å²) in [7, 11) is 0. The number of hydrogen-bond acceptors (Lipinski definition) is 3. The summed E-state index contributed by atoms with van der Waals surface area (Å²) in [4.78, 5) is 1.31. The molecule has 0 aliphatic rings. The van der Waals surface area contributed by atoms with E-state index in [9.17, 15) is 0 Å². The highest BCUT2D eigenvalue weighted by Gasteiger charge is 2.03. The predicted molar refractivity (Wildman–Crippen MR) is 72.3 cm³/mol. The number of benzene rings is 1. The van der Waals surface area contributed by atoms with Crippen LogP contribution in [0.2, 0.25) is 0 Å². The van der Waals surface area contributed by atoms with Crippen LogP contribution in [0.3, 0.4) is 0 Å². The van der Waals surface area contributed by atoms with Gasteiger partial charge in [0, 0.05) is 11.4 Å². The van der Waals surface area contributed by atoms with Gasteiger partial charge in [-0.3, -0.25) is 0 Å². The maximum atomic E-state index is 9.07. The van der Waals surface area contributed by atoms with Crippen molar-refractivity contribution in [1.29, 1.82) is 5.26 Å². The molecule has 3 heteroatoms. The molecule has 1 N–H and O–H groups in total. The molecule has 0 aliphatic carbocycles. The lowest BCUT2D eigenvalue weighted by Crippen LogP contribution is -2.00. The first-order chi connectivity index (χ1) is 8.20. The summed E-state index contributed by atoms with van der Waals surface area (Å²) < 4.78 is 0. The van der Waals surface area contributed by atoms with Gasteiger partial charge in [-0.1, -0.05) is 6.07 Å². The van der Waals surface area contributed by atoms with E-state index >= 15 is 0 Å². The summed E-state index contributed by atoms with van der Waals surface area (Å²) >= 11 is 1.74. The number of anilines is 1. The van der Waals surface area contributed by atoms with Crippen molar-refractivity contribution in [3.05, 3.63) is 51.2 Å². The van der Waals surface area contributed by atoms with Gasteiger partial charge < -0.3 is 5.32 Å². The first kappa shape index (κ1) is 11.7. The Labute approximate surface area is 106 Å². The largest absolute Gasteiger partial charge is 0.379 e.